The second-order valence-corrected chi connectivity index (χ2v) is 7.93. The van der Waals surface area contributed by atoms with E-state index < -0.39 is 0 Å². The Kier molecular flexibility index (Phi) is 5.91. The van der Waals surface area contributed by atoms with Crippen molar-refractivity contribution in [2.24, 2.45) is 11.8 Å². The third kappa shape index (κ3) is 4.49. The van der Waals surface area contributed by atoms with E-state index in [4.69, 9.17) is 11.6 Å². The molecule has 4 heteroatoms. The molecule has 1 heterocycles. The van der Waals surface area contributed by atoms with Crippen LogP contribution in [0.3, 0.4) is 0 Å². The summed E-state index contributed by atoms with van der Waals surface area (Å²) < 4.78 is 0.674. The van der Waals surface area contributed by atoms with Gasteiger partial charge in [0.15, 0.2) is 0 Å². The summed E-state index contributed by atoms with van der Waals surface area (Å²) in [6.45, 7) is 4.45. The molecule has 1 aliphatic carbocycles. The van der Waals surface area contributed by atoms with Gasteiger partial charge in [-0.1, -0.05) is 44.7 Å². The Bertz CT molecular complexity index is 437. The monoisotopic (exact) mass is 313 g/mol. The van der Waals surface area contributed by atoms with Crippen molar-refractivity contribution in [1.29, 1.82) is 0 Å². The minimum absolute atomic E-state index is 0.0399. The number of thiophene rings is 1. The second kappa shape index (κ2) is 7.46. The molecule has 112 valence electrons. The third-order valence-corrected chi connectivity index (χ3v) is 5.29. The summed E-state index contributed by atoms with van der Waals surface area (Å²) in [5.74, 6) is 1.29. The molecule has 0 radical (unpaired) electrons. The molecule has 0 aromatic carbocycles. The van der Waals surface area contributed by atoms with Crippen molar-refractivity contribution >= 4 is 28.8 Å². The van der Waals surface area contributed by atoms with Gasteiger partial charge in [0.2, 0.25) is 0 Å². The lowest BCUT2D eigenvalue weighted by Crippen LogP contribution is -2.41. The molecule has 1 aromatic heterocycles. The molecule has 0 bridgehead atoms. The Morgan fingerprint density at radius 1 is 1.35 bits per heavy atom. The van der Waals surface area contributed by atoms with Crippen LogP contribution in [0.5, 0.6) is 0 Å². The van der Waals surface area contributed by atoms with E-state index >= 15 is 0 Å². The number of carbonyl (C=O) groups is 1. The third-order valence-electron chi connectivity index (χ3n) is 4.06. The van der Waals surface area contributed by atoms with Gasteiger partial charge in [-0.3, -0.25) is 4.79 Å². The first kappa shape index (κ1) is 15.8. The van der Waals surface area contributed by atoms with Gasteiger partial charge >= 0.3 is 0 Å². The van der Waals surface area contributed by atoms with Crippen LogP contribution in [0.1, 0.15) is 62.0 Å². The summed E-state index contributed by atoms with van der Waals surface area (Å²) in [5.41, 5.74) is 0. The van der Waals surface area contributed by atoms with Crippen LogP contribution in [0.4, 0.5) is 0 Å². The maximum Gasteiger partial charge on any atom is 0.261 e. The number of amides is 1. The molecule has 1 aromatic rings. The molecule has 2 nitrogen and oxygen atoms in total. The zero-order chi connectivity index (χ0) is 14.5. The first-order valence-electron chi connectivity index (χ1n) is 7.62. The molecule has 2 rings (SSSR count). The van der Waals surface area contributed by atoms with E-state index in [2.05, 4.69) is 19.2 Å². The molecule has 20 heavy (non-hydrogen) atoms. The topological polar surface area (TPSA) is 29.1 Å². The van der Waals surface area contributed by atoms with Crippen molar-refractivity contribution in [3.8, 4) is 0 Å². The van der Waals surface area contributed by atoms with Crippen molar-refractivity contribution < 1.29 is 4.79 Å². The van der Waals surface area contributed by atoms with Crippen LogP contribution in [0.25, 0.3) is 0 Å². The minimum Gasteiger partial charge on any atom is -0.348 e. The van der Waals surface area contributed by atoms with E-state index in [1.165, 1.54) is 43.4 Å². The number of carbonyl (C=O) groups excluding carboxylic acids is 1. The van der Waals surface area contributed by atoms with Crippen LogP contribution in [-0.2, 0) is 0 Å². The van der Waals surface area contributed by atoms with Crippen molar-refractivity contribution in [1.82, 2.24) is 5.32 Å². The molecule has 1 fully saturated rings. The lowest BCUT2D eigenvalue weighted by molar-refractivity contribution is 0.0908. The summed E-state index contributed by atoms with van der Waals surface area (Å²) in [6, 6.07) is 3.91. The molecule has 1 amide bonds. The summed E-state index contributed by atoms with van der Waals surface area (Å²) in [6.07, 6.45) is 7.53. The van der Waals surface area contributed by atoms with Crippen LogP contribution >= 0.6 is 22.9 Å². The Hall–Kier alpha value is -0.540. The number of rotatable bonds is 5. The SMILES string of the molecule is CC(C)CC(NC(=O)c1ccc(Cl)s1)C1CCCCC1. The van der Waals surface area contributed by atoms with Gasteiger partial charge in [0.05, 0.1) is 9.21 Å². The number of halogens is 1. The average molecular weight is 314 g/mol. The molecule has 1 atom stereocenters. The molecule has 0 aliphatic heterocycles. The van der Waals surface area contributed by atoms with Gasteiger partial charge in [-0.05, 0) is 43.2 Å². The molecular weight excluding hydrogens is 290 g/mol. The van der Waals surface area contributed by atoms with Gasteiger partial charge in [-0.2, -0.15) is 0 Å². The standard InChI is InChI=1S/C16H24ClNOS/c1-11(2)10-13(12-6-4-3-5-7-12)18-16(19)14-8-9-15(17)20-14/h8-9,11-13H,3-7,10H2,1-2H3,(H,18,19). The first-order chi connectivity index (χ1) is 9.56. The molecule has 0 spiro atoms. The normalized spacial score (nSPS) is 18.2. The predicted octanol–water partition coefficient (Wildman–Crippen LogP) is 5.13. The second-order valence-electron chi connectivity index (χ2n) is 6.21. The molecule has 0 saturated heterocycles. The smallest absolute Gasteiger partial charge is 0.261 e. The van der Waals surface area contributed by atoms with Crippen LogP contribution in [-0.4, -0.2) is 11.9 Å². The van der Waals surface area contributed by atoms with Crippen LogP contribution < -0.4 is 5.32 Å². The van der Waals surface area contributed by atoms with Crippen LogP contribution in [0.15, 0.2) is 12.1 Å². The molecule has 1 N–H and O–H groups in total. The lowest BCUT2D eigenvalue weighted by Gasteiger charge is -2.32. The highest BCUT2D eigenvalue weighted by molar-refractivity contribution is 7.17. The largest absolute Gasteiger partial charge is 0.348 e. The average Bonchev–Trinajstić information content (AvgIpc) is 2.85. The van der Waals surface area contributed by atoms with Crippen molar-refractivity contribution in [3.63, 3.8) is 0 Å². The van der Waals surface area contributed by atoms with Crippen LogP contribution in [0.2, 0.25) is 4.34 Å². The van der Waals surface area contributed by atoms with Crippen molar-refractivity contribution in [2.75, 3.05) is 0 Å². The maximum atomic E-state index is 12.3. The van der Waals surface area contributed by atoms with Crippen molar-refractivity contribution in [3.05, 3.63) is 21.3 Å². The molecule has 1 aliphatic rings. The van der Waals surface area contributed by atoms with E-state index in [-0.39, 0.29) is 5.91 Å². The first-order valence-corrected chi connectivity index (χ1v) is 8.82. The summed E-state index contributed by atoms with van der Waals surface area (Å²) in [7, 11) is 0. The van der Waals surface area contributed by atoms with Gasteiger partial charge in [-0.25, -0.2) is 0 Å². The van der Waals surface area contributed by atoms with E-state index in [9.17, 15) is 4.79 Å². The Labute approximate surface area is 130 Å². The Morgan fingerprint density at radius 3 is 2.60 bits per heavy atom. The van der Waals surface area contributed by atoms with E-state index in [1.54, 1.807) is 6.07 Å². The van der Waals surface area contributed by atoms with Crippen LogP contribution in [0, 0.1) is 11.8 Å². The summed E-state index contributed by atoms with van der Waals surface area (Å²) >= 11 is 7.27. The zero-order valence-electron chi connectivity index (χ0n) is 12.3. The summed E-state index contributed by atoms with van der Waals surface area (Å²) in [4.78, 5) is 13.1. The molecular formula is C16H24ClNOS. The molecule has 1 saturated carbocycles. The maximum absolute atomic E-state index is 12.3. The van der Waals surface area contributed by atoms with Gasteiger partial charge < -0.3 is 5.32 Å². The van der Waals surface area contributed by atoms with Crippen molar-refractivity contribution in [2.45, 2.75) is 58.4 Å². The number of hydrogen-bond donors (Lipinski definition) is 1. The fourth-order valence-electron chi connectivity index (χ4n) is 3.09. The van der Waals surface area contributed by atoms with Gasteiger partial charge in [0.1, 0.15) is 0 Å². The highest BCUT2D eigenvalue weighted by atomic mass is 35.5. The predicted molar refractivity (Wildman–Crippen MR) is 86.6 cm³/mol. The summed E-state index contributed by atoms with van der Waals surface area (Å²) in [5, 5.41) is 3.26. The lowest BCUT2D eigenvalue weighted by atomic mass is 9.81. The quantitative estimate of drug-likeness (QED) is 0.802. The minimum atomic E-state index is 0.0399. The highest BCUT2D eigenvalue weighted by Crippen LogP contribution is 2.30. The zero-order valence-corrected chi connectivity index (χ0v) is 13.9. The number of nitrogens with one attached hydrogen (secondary N) is 1. The van der Waals surface area contributed by atoms with E-state index in [0.29, 0.717) is 22.2 Å². The fraction of sp³-hybridized carbons (Fsp3) is 0.688. The Balaban J connectivity index is 2.00. The Morgan fingerprint density at radius 2 is 2.05 bits per heavy atom. The van der Waals surface area contributed by atoms with E-state index in [1.807, 2.05) is 6.07 Å². The van der Waals surface area contributed by atoms with E-state index in [0.717, 1.165) is 11.3 Å². The number of hydrogen-bond acceptors (Lipinski definition) is 2. The fourth-order valence-corrected chi connectivity index (χ4v) is 4.04. The van der Waals surface area contributed by atoms with Gasteiger partial charge in [0.25, 0.3) is 5.91 Å². The van der Waals surface area contributed by atoms with Gasteiger partial charge in [0, 0.05) is 6.04 Å². The molecule has 1 unspecified atom stereocenters. The highest BCUT2D eigenvalue weighted by Gasteiger charge is 2.26. The van der Waals surface area contributed by atoms with Gasteiger partial charge in [-0.15, -0.1) is 11.3 Å².